The van der Waals surface area contributed by atoms with Gasteiger partial charge in [-0.3, -0.25) is 9.59 Å². The van der Waals surface area contributed by atoms with E-state index in [-0.39, 0.29) is 12.1 Å². The summed E-state index contributed by atoms with van der Waals surface area (Å²) in [6, 6.07) is 9.51. The average Bonchev–Trinajstić information content (AvgIpc) is 3.05. The van der Waals surface area contributed by atoms with E-state index in [2.05, 4.69) is 5.32 Å². The minimum absolute atomic E-state index is 0.215. The molecule has 1 amide bonds. The first-order chi connectivity index (χ1) is 11.4. The Bertz CT molecular complexity index is 724. The summed E-state index contributed by atoms with van der Waals surface area (Å²) in [4.78, 5) is 31.3. The van der Waals surface area contributed by atoms with Crippen molar-refractivity contribution in [2.45, 2.75) is 0 Å². The molecule has 0 fully saturated rings. The lowest BCUT2D eigenvalue weighted by molar-refractivity contribution is -0.137. The highest BCUT2D eigenvalue weighted by atomic mass is 35.5. The van der Waals surface area contributed by atoms with E-state index in [0.717, 1.165) is 0 Å². The minimum atomic E-state index is -1.08. The van der Waals surface area contributed by atoms with E-state index >= 15 is 0 Å². The number of halogens is 1. The van der Waals surface area contributed by atoms with Crippen LogP contribution in [0.15, 0.2) is 53.2 Å². The number of amides is 1. The number of hydrogen-bond acceptors (Lipinski definition) is 4. The number of hydrogen-bond donors (Lipinski definition) is 3. The molecule has 0 aliphatic carbocycles. The zero-order valence-electron chi connectivity index (χ0n) is 12.3. The molecule has 0 bridgehead atoms. The Hall–Kier alpha value is -3.06. The number of aliphatic carboxylic acids is 1. The van der Waals surface area contributed by atoms with Gasteiger partial charge in [0, 0.05) is 11.1 Å². The first-order valence-corrected chi connectivity index (χ1v) is 6.96. The third kappa shape index (κ3) is 7.81. The zero-order valence-corrected chi connectivity index (χ0v) is 13.1. The van der Waals surface area contributed by atoms with Crippen molar-refractivity contribution in [1.82, 2.24) is 5.32 Å². The van der Waals surface area contributed by atoms with Gasteiger partial charge in [-0.05, 0) is 36.4 Å². The van der Waals surface area contributed by atoms with Crippen LogP contribution in [0, 0.1) is 0 Å². The molecule has 8 heteroatoms. The van der Waals surface area contributed by atoms with Crippen LogP contribution in [0.2, 0.25) is 5.02 Å². The molecule has 0 unspecified atom stereocenters. The van der Waals surface area contributed by atoms with Gasteiger partial charge in [0.25, 0.3) is 0 Å². The number of nitrogens with one attached hydrogen (secondary N) is 1. The predicted molar refractivity (Wildman–Crippen MR) is 86.8 cm³/mol. The molecule has 0 atom stereocenters. The van der Waals surface area contributed by atoms with Gasteiger partial charge in [0.2, 0.25) is 5.91 Å². The molecule has 3 N–H and O–H groups in total. The first-order valence-electron chi connectivity index (χ1n) is 6.58. The van der Waals surface area contributed by atoms with Gasteiger partial charge < -0.3 is 19.9 Å². The van der Waals surface area contributed by atoms with Crippen molar-refractivity contribution in [2.24, 2.45) is 0 Å². The van der Waals surface area contributed by atoms with Crippen LogP contribution in [0.25, 0.3) is 6.08 Å². The van der Waals surface area contributed by atoms with Crippen LogP contribution in [0.4, 0.5) is 0 Å². The fourth-order valence-electron chi connectivity index (χ4n) is 1.39. The SMILES string of the molecule is O=C(O)CNC(=O)C=Cc1ccco1.O=C(O)c1cccc(Cl)c1. The van der Waals surface area contributed by atoms with Crippen LogP contribution < -0.4 is 5.32 Å². The topological polar surface area (TPSA) is 117 Å². The molecule has 1 aromatic carbocycles. The predicted octanol–water partition coefficient (Wildman–Crippen LogP) is 2.53. The highest BCUT2D eigenvalue weighted by molar-refractivity contribution is 6.30. The largest absolute Gasteiger partial charge is 0.480 e. The van der Waals surface area contributed by atoms with Gasteiger partial charge in [0.15, 0.2) is 0 Å². The lowest BCUT2D eigenvalue weighted by Crippen LogP contribution is -2.27. The van der Waals surface area contributed by atoms with Gasteiger partial charge in [-0.1, -0.05) is 17.7 Å². The Labute approximate surface area is 142 Å². The van der Waals surface area contributed by atoms with Crippen LogP contribution in [-0.4, -0.2) is 34.6 Å². The molecule has 0 saturated heterocycles. The third-order valence-electron chi connectivity index (χ3n) is 2.43. The van der Waals surface area contributed by atoms with E-state index in [1.54, 1.807) is 24.3 Å². The van der Waals surface area contributed by atoms with Gasteiger partial charge in [0.05, 0.1) is 11.8 Å². The molecule has 7 nitrogen and oxygen atoms in total. The fraction of sp³-hybridized carbons (Fsp3) is 0.0625. The van der Waals surface area contributed by atoms with Crippen LogP contribution in [-0.2, 0) is 9.59 Å². The number of benzene rings is 1. The zero-order chi connectivity index (χ0) is 17.9. The minimum Gasteiger partial charge on any atom is -0.480 e. The van der Waals surface area contributed by atoms with Gasteiger partial charge in [-0.15, -0.1) is 0 Å². The summed E-state index contributed by atoms with van der Waals surface area (Å²) in [7, 11) is 0. The summed E-state index contributed by atoms with van der Waals surface area (Å²) in [5.41, 5.74) is 0.215. The maximum absolute atomic E-state index is 10.9. The van der Waals surface area contributed by atoms with E-state index in [9.17, 15) is 14.4 Å². The molecule has 1 aromatic heterocycles. The van der Waals surface area contributed by atoms with Crippen molar-refractivity contribution in [3.8, 4) is 0 Å². The van der Waals surface area contributed by atoms with Crippen molar-refractivity contribution in [2.75, 3.05) is 6.54 Å². The number of furan rings is 1. The van der Waals surface area contributed by atoms with Gasteiger partial charge >= 0.3 is 11.9 Å². The summed E-state index contributed by atoms with van der Waals surface area (Å²) in [6.45, 7) is -0.388. The number of carboxylic acid groups (broad SMARTS) is 2. The van der Waals surface area contributed by atoms with Crippen LogP contribution in [0.1, 0.15) is 16.1 Å². The molecule has 126 valence electrons. The van der Waals surface area contributed by atoms with Crippen LogP contribution >= 0.6 is 11.6 Å². The van der Waals surface area contributed by atoms with E-state index < -0.39 is 17.8 Å². The first kappa shape index (κ1) is 19.0. The molecule has 24 heavy (non-hydrogen) atoms. The van der Waals surface area contributed by atoms with E-state index in [1.807, 2.05) is 0 Å². The van der Waals surface area contributed by atoms with Crippen LogP contribution in [0.3, 0.4) is 0 Å². The quantitative estimate of drug-likeness (QED) is 0.712. The highest BCUT2D eigenvalue weighted by Gasteiger charge is 2.00. The fourth-order valence-corrected chi connectivity index (χ4v) is 1.58. The summed E-state index contributed by atoms with van der Waals surface area (Å²) in [5.74, 6) is -1.97. The molecule has 2 rings (SSSR count). The van der Waals surface area contributed by atoms with Crippen molar-refractivity contribution in [3.63, 3.8) is 0 Å². The summed E-state index contributed by atoms with van der Waals surface area (Å²) < 4.78 is 4.93. The second-order valence-corrected chi connectivity index (χ2v) is 4.71. The summed E-state index contributed by atoms with van der Waals surface area (Å²) >= 11 is 5.53. The Morgan fingerprint density at radius 2 is 1.92 bits per heavy atom. The molecule has 1 heterocycles. The van der Waals surface area contributed by atoms with Crippen molar-refractivity contribution in [1.29, 1.82) is 0 Å². The number of aromatic carboxylic acids is 1. The smallest absolute Gasteiger partial charge is 0.335 e. The van der Waals surface area contributed by atoms with Crippen molar-refractivity contribution >= 4 is 35.5 Å². The Morgan fingerprint density at radius 1 is 1.17 bits per heavy atom. The number of rotatable bonds is 5. The van der Waals surface area contributed by atoms with E-state index in [1.165, 1.54) is 30.5 Å². The molecule has 2 aromatic rings. The highest BCUT2D eigenvalue weighted by Crippen LogP contribution is 2.09. The van der Waals surface area contributed by atoms with E-state index in [4.69, 9.17) is 26.2 Å². The van der Waals surface area contributed by atoms with Gasteiger partial charge in [0.1, 0.15) is 12.3 Å². The molecule has 0 saturated carbocycles. The maximum Gasteiger partial charge on any atom is 0.335 e. The van der Waals surface area contributed by atoms with Crippen LogP contribution in [0.5, 0.6) is 0 Å². The maximum atomic E-state index is 10.9. The standard InChI is InChI=1S/C9H9NO4.C7H5ClO2/c11-8(10-6-9(12)13)4-3-7-2-1-5-14-7;8-6-3-1-2-5(4-6)7(9)10/h1-5H,6H2,(H,10,11)(H,12,13);1-4H,(H,9,10). The Balaban J connectivity index is 0.000000254. The Kier molecular flexibility index (Phi) is 7.80. The number of carboxylic acids is 2. The van der Waals surface area contributed by atoms with Crippen molar-refractivity contribution in [3.05, 3.63) is 65.1 Å². The van der Waals surface area contributed by atoms with E-state index in [0.29, 0.717) is 10.8 Å². The molecule has 0 aliphatic heterocycles. The molecular weight excluding hydrogens is 338 g/mol. The van der Waals surface area contributed by atoms with Gasteiger partial charge in [-0.25, -0.2) is 4.79 Å². The molecule has 0 aliphatic rings. The molecule has 0 spiro atoms. The van der Waals surface area contributed by atoms with Crippen molar-refractivity contribution < 1.29 is 29.0 Å². The molecule has 0 radical (unpaired) electrons. The lowest BCUT2D eigenvalue weighted by Gasteiger charge is -1.94. The second-order valence-electron chi connectivity index (χ2n) is 4.28. The van der Waals surface area contributed by atoms with Gasteiger partial charge in [-0.2, -0.15) is 0 Å². The average molecular weight is 352 g/mol. The number of carbonyl (C=O) groups excluding carboxylic acids is 1. The molecular formula is C16H14ClNO6. The summed E-state index contributed by atoms with van der Waals surface area (Å²) in [6.07, 6.45) is 4.15. The third-order valence-corrected chi connectivity index (χ3v) is 2.66. The number of carbonyl (C=O) groups is 3. The normalized spacial score (nSPS) is 9.88. The second kappa shape index (κ2) is 9.86. The monoisotopic (exact) mass is 351 g/mol. The Morgan fingerprint density at radius 3 is 2.42 bits per heavy atom. The lowest BCUT2D eigenvalue weighted by atomic mass is 10.2. The summed E-state index contributed by atoms with van der Waals surface area (Å²) in [5, 5.41) is 19.3.